The summed E-state index contributed by atoms with van der Waals surface area (Å²) in [7, 11) is 1.06. The summed E-state index contributed by atoms with van der Waals surface area (Å²) in [6.45, 7) is 0. The third-order valence-corrected chi connectivity index (χ3v) is 1.40. The first kappa shape index (κ1) is 9.63. The first-order chi connectivity index (χ1) is 6.07. The summed E-state index contributed by atoms with van der Waals surface area (Å²) in [6, 6.07) is 0. The Bertz CT molecular complexity index is 317. The van der Waals surface area contributed by atoms with Crippen LogP contribution >= 0.6 is 0 Å². The van der Waals surface area contributed by atoms with Gasteiger partial charge in [0.15, 0.2) is 23.0 Å². The number of hydrogen-bond acceptors (Lipinski definition) is 3. The van der Waals surface area contributed by atoms with E-state index in [0.717, 1.165) is 7.11 Å². The van der Waals surface area contributed by atoms with E-state index in [2.05, 4.69) is 9.72 Å². The molecule has 1 aromatic heterocycles. The van der Waals surface area contributed by atoms with Crippen LogP contribution in [0.5, 0.6) is 11.5 Å². The molecule has 13 heavy (non-hydrogen) atoms. The van der Waals surface area contributed by atoms with E-state index >= 15 is 0 Å². The van der Waals surface area contributed by atoms with E-state index in [1.165, 1.54) is 0 Å². The Labute approximate surface area is 71.8 Å². The number of nitrogens with zero attached hydrogens (tertiary/aromatic N) is 1. The fourth-order valence-electron chi connectivity index (χ4n) is 0.829. The zero-order chi connectivity index (χ0) is 10.0. The fraction of sp³-hybridized carbons (Fsp3) is 0.286. The summed E-state index contributed by atoms with van der Waals surface area (Å²) in [5, 5.41) is 9.03. The van der Waals surface area contributed by atoms with E-state index in [1.54, 1.807) is 0 Å². The van der Waals surface area contributed by atoms with Gasteiger partial charge in [-0.05, 0) is 0 Å². The van der Waals surface area contributed by atoms with Gasteiger partial charge in [-0.25, -0.2) is 18.2 Å². The number of rotatable bonds is 2. The van der Waals surface area contributed by atoms with E-state index < -0.39 is 29.4 Å². The number of aromatic hydroxyl groups is 1. The lowest BCUT2D eigenvalue weighted by Crippen LogP contribution is -1.96. The van der Waals surface area contributed by atoms with Crippen LogP contribution in [0.25, 0.3) is 0 Å². The van der Waals surface area contributed by atoms with Crippen LogP contribution in [-0.2, 0) is 0 Å². The van der Waals surface area contributed by atoms with Crippen molar-refractivity contribution in [3.8, 4) is 11.5 Å². The van der Waals surface area contributed by atoms with Crippen molar-refractivity contribution in [2.24, 2.45) is 0 Å². The molecule has 0 unspecified atom stereocenters. The topological polar surface area (TPSA) is 42.4 Å². The first-order valence-corrected chi connectivity index (χ1v) is 3.27. The molecular formula is C7H6F3NO2. The largest absolute Gasteiger partial charge is 0.503 e. The van der Waals surface area contributed by atoms with Crippen molar-refractivity contribution in [1.82, 2.24) is 4.98 Å². The van der Waals surface area contributed by atoms with Gasteiger partial charge in [-0.1, -0.05) is 0 Å². The molecule has 0 aliphatic heterocycles. The molecule has 6 heteroatoms. The zero-order valence-corrected chi connectivity index (χ0v) is 6.59. The highest BCUT2D eigenvalue weighted by atomic mass is 19.3. The summed E-state index contributed by atoms with van der Waals surface area (Å²) in [6.07, 6.45) is -2.39. The minimum Gasteiger partial charge on any atom is -0.503 e. The third-order valence-electron chi connectivity index (χ3n) is 1.40. The summed E-state index contributed by atoms with van der Waals surface area (Å²) in [4.78, 5) is 3.03. The molecule has 0 aliphatic carbocycles. The van der Waals surface area contributed by atoms with Gasteiger partial charge in [0.25, 0.3) is 6.43 Å². The summed E-state index contributed by atoms with van der Waals surface area (Å²) < 4.78 is 41.2. The van der Waals surface area contributed by atoms with E-state index in [4.69, 9.17) is 5.11 Å². The molecular weight excluding hydrogens is 187 g/mol. The molecule has 1 N–H and O–H groups in total. The summed E-state index contributed by atoms with van der Waals surface area (Å²) in [5.74, 6) is -2.56. The molecule has 0 saturated heterocycles. The number of pyridine rings is 1. The Kier molecular flexibility index (Phi) is 2.60. The Hall–Kier alpha value is -1.46. The van der Waals surface area contributed by atoms with Crippen LogP contribution in [0.15, 0.2) is 6.20 Å². The molecule has 0 amide bonds. The van der Waals surface area contributed by atoms with Crippen LogP contribution in [0.2, 0.25) is 0 Å². The van der Waals surface area contributed by atoms with E-state index in [0.29, 0.717) is 6.20 Å². The van der Waals surface area contributed by atoms with Gasteiger partial charge in [0.2, 0.25) is 0 Å². The van der Waals surface area contributed by atoms with Gasteiger partial charge in [-0.3, -0.25) is 0 Å². The average molecular weight is 193 g/mol. The number of methoxy groups -OCH3 is 1. The second-order valence-electron chi connectivity index (χ2n) is 2.17. The van der Waals surface area contributed by atoms with Crippen LogP contribution in [0.1, 0.15) is 12.1 Å². The maximum atomic E-state index is 12.7. The van der Waals surface area contributed by atoms with Gasteiger partial charge >= 0.3 is 0 Å². The van der Waals surface area contributed by atoms with Crippen LogP contribution in [0.3, 0.4) is 0 Å². The van der Waals surface area contributed by atoms with Crippen LogP contribution in [0.4, 0.5) is 13.2 Å². The summed E-state index contributed by atoms with van der Waals surface area (Å²) >= 11 is 0. The molecule has 0 atom stereocenters. The normalized spacial score (nSPS) is 10.5. The van der Waals surface area contributed by atoms with E-state index in [9.17, 15) is 13.2 Å². The minimum atomic E-state index is -2.96. The van der Waals surface area contributed by atoms with E-state index in [-0.39, 0.29) is 0 Å². The quantitative estimate of drug-likeness (QED) is 0.779. The van der Waals surface area contributed by atoms with Crippen molar-refractivity contribution in [2.45, 2.75) is 6.43 Å². The van der Waals surface area contributed by atoms with Crippen molar-refractivity contribution in [2.75, 3.05) is 7.11 Å². The van der Waals surface area contributed by atoms with Gasteiger partial charge in [0.1, 0.15) is 0 Å². The molecule has 0 spiro atoms. The fourth-order valence-corrected chi connectivity index (χ4v) is 0.829. The van der Waals surface area contributed by atoms with Crippen LogP contribution in [-0.4, -0.2) is 17.2 Å². The predicted molar refractivity (Wildman–Crippen MR) is 37.4 cm³/mol. The lowest BCUT2D eigenvalue weighted by Gasteiger charge is -2.07. The maximum Gasteiger partial charge on any atom is 0.284 e. The van der Waals surface area contributed by atoms with Gasteiger partial charge in [-0.15, -0.1) is 0 Å². The average Bonchev–Trinajstić information content (AvgIpc) is 2.04. The molecule has 0 fully saturated rings. The van der Waals surface area contributed by atoms with Crippen molar-refractivity contribution < 1.29 is 23.0 Å². The molecule has 1 heterocycles. The highest BCUT2D eigenvalue weighted by Crippen LogP contribution is 2.35. The third kappa shape index (κ3) is 1.66. The van der Waals surface area contributed by atoms with Crippen molar-refractivity contribution in [3.63, 3.8) is 0 Å². The number of halogens is 3. The molecule has 72 valence electrons. The molecule has 0 radical (unpaired) electrons. The van der Waals surface area contributed by atoms with Gasteiger partial charge in [0.05, 0.1) is 13.3 Å². The molecule has 0 bridgehead atoms. The van der Waals surface area contributed by atoms with Gasteiger partial charge < -0.3 is 9.84 Å². The zero-order valence-electron chi connectivity index (χ0n) is 6.59. The standard InChI is InChI=1S/C7H6F3NO2/c1-13-6-3(8)2-11-4(5(6)12)7(9)10/h2,7,12H,1H3. The van der Waals surface area contributed by atoms with Crippen molar-refractivity contribution in [3.05, 3.63) is 17.7 Å². The minimum absolute atomic E-state index is 0.569. The number of hydrogen-bond donors (Lipinski definition) is 1. The highest BCUT2D eigenvalue weighted by molar-refractivity contribution is 5.42. The predicted octanol–water partition coefficient (Wildman–Crippen LogP) is 1.87. The number of alkyl halides is 2. The molecule has 1 rings (SSSR count). The lowest BCUT2D eigenvalue weighted by atomic mass is 10.3. The Morgan fingerprint density at radius 2 is 2.15 bits per heavy atom. The molecule has 0 aromatic carbocycles. The van der Waals surface area contributed by atoms with Gasteiger partial charge in [0, 0.05) is 0 Å². The number of ether oxygens (including phenoxy) is 1. The van der Waals surface area contributed by atoms with Crippen molar-refractivity contribution in [1.29, 1.82) is 0 Å². The number of aromatic nitrogens is 1. The summed E-state index contributed by atoms with van der Waals surface area (Å²) in [5.41, 5.74) is -0.891. The van der Waals surface area contributed by atoms with Crippen LogP contribution < -0.4 is 4.74 Å². The van der Waals surface area contributed by atoms with Gasteiger partial charge in [-0.2, -0.15) is 0 Å². The lowest BCUT2D eigenvalue weighted by molar-refractivity contribution is 0.140. The maximum absolute atomic E-state index is 12.7. The monoisotopic (exact) mass is 193 g/mol. The molecule has 3 nitrogen and oxygen atoms in total. The molecule has 1 aromatic rings. The Morgan fingerprint density at radius 1 is 1.54 bits per heavy atom. The molecule has 0 aliphatic rings. The SMILES string of the molecule is COc1c(F)cnc(C(F)F)c1O. The first-order valence-electron chi connectivity index (χ1n) is 3.27. The second-order valence-corrected chi connectivity index (χ2v) is 2.17. The molecule has 0 saturated carbocycles. The van der Waals surface area contributed by atoms with Crippen molar-refractivity contribution >= 4 is 0 Å². The highest BCUT2D eigenvalue weighted by Gasteiger charge is 2.21. The second kappa shape index (κ2) is 3.51. The van der Waals surface area contributed by atoms with Crippen LogP contribution in [0, 0.1) is 5.82 Å². The smallest absolute Gasteiger partial charge is 0.284 e. The Balaban J connectivity index is 3.27. The van der Waals surface area contributed by atoms with E-state index in [1.807, 2.05) is 0 Å². The Morgan fingerprint density at radius 3 is 2.62 bits per heavy atom.